The Morgan fingerprint density at radius 3 is 3.07 bits per heavy atom. The number of aromatic nitrogens is 6. The van der Waals surface area contributed by atoms with E-state index in [1.165, 1.54) is 11.3 Å². The summed E-state index contributed by atoms with van der Waals surface area (Å²) < 4.78 is 1.88. The van der Waals surface area contributed by atoms with E-state index in [9.17, 15) is 0 Å². The van der Waals surface area contributed by atoms with Crippen molar-refractivity contribution in [1.29, 1.82) is 0 Å². The Balaban J connectivity index is 2.02. The summed E-state index contributed by atoms with van der Waals surface area (Å²) in [5, 5.41) is 15.4. The van der Waals surface area contributed by atoms with Crippen molar-refractivity contribution in [2.75, 3.05) is 0 Å². The zero-order valence-electron chi connectivity index (χ0n) is 7.58. The Kier molecular flexibility index (Phi) is 1.82. The van der Waals surface area contributed by atoms with Crippen molar-refractivity contribution in [1.82, 2.24) is 25.4 Å². The number of aromatic amines is 2. The lowest BCUT2D eigenvalue weighted by Gasteiger charge is -1.84. The van der Waals surface area contributed by atoms with Crippen LogP contribution in [0.2, 0.25) is 0 Å². The van der Waals surface area contributed by atoms with Crippen LogP contribution in [0.15, 0.2) is 30.3 Å². The largest absolute Gasteiger partial charge is 0.351 e. The van der Waals surface area contributed by atoms with E-state index in [-0.39, 0.29) is 0 Å². The molecule has 6 nitrogen and oxygen atoms in total. The first-order chi connectivity index (χ1) is 7.43. The van der Waals surface area contributed by atoms with Crippen LogP contribution in [0.25, 0.3) is 16.5 Å². The van der Waals surface area contributed by atoms with Crippen LogP contribution in [-0.4, -0.2) is 25.4 Å². The molecule has 3 heterocycles. The lowest BCUT2D eigenvalue weighted by Crippen LogP contribution is -2.26. The quantitative estimate of drug-likeness (QED) is 0.617. The van der Waals surface area contributed by atoms with Crippen LogP contribution in [0.5, 0.6) is 0 Å². The van der Waals surface area contributed by atoms with Gasteiger partial charge in [0.15, 0.2) is 12.0 Å². The second kappa shape index (κ2) is 3.28. The van der Waals surface area contributed by atoms with Gasteiger partial charge in [-0.3, -0.25) is 10.1 Å². The summed E-state index contributed by atoms with van der Waals surface area (Å²) in [5.74, 6) is 0. The third-order valence-electron chi connectivity index (χ3n) is 1.99. The molecule has 0 saturated carbocycles. The molecule has 7 heteroatoms. The molecular weight excluding hydrogens is 212 g/mol. The molecule has 0 unspecified atom stereocenters. The van der Waals surface area contributed by atoms with E-state index in [4.69, 9.17) is 0 Å². The lowest BCUT2D eigenvalue weighted by molar-refractivity contribution is -0.593. The topological polar surface area (TPSA) is 74.1 Å². The standard InChI is InChI=1S/C8H6N6S/c1-2-10-12-6(1)7-3-14(4-9-7)8-13-11-5-15-8/h1-5H,(H,10,12)/p+1. The minimum atomic E-state index is 0.831. The fraction of sp³-hybridized carbons (Fsp3) is 0. The van der Waals surface area contributed by atoms with Crippen LogP contribution in [0, 0.1) is 0 Å². The molecule has 74 valence electrons. The highest BCUT2D eigenvalue weighted by molar-refractivity contribution is 7.11. The van der Waals surface area contributed by atoms with Gasteiger partial charge in [0, 0.05) is 11.3 Å². The summed E-state index contributed by atoms with van der Waals surface area (Å²) in [5.41, 5.74) is 3.60. The van der Waals surface area contributed by atoms with Gasteiger partial charge in [-0.05, 0) is 17.4 Å². The number of hydrogen-bond acceptors (Lipinski definition) is 4. The molecule has 0 bridgehead atoms. The first-order valence-corrected chi connectivity index (χ1v) is 5.17. The van der Waals surface area contributed by atoms with Crippen LogP contribution >= 0.6 is 11.3 Å². The monoisotopic (exact) mass is 219 g/mol. The van der Waals surface area contributed by atoms with E-state index >= 15 is 0 Å². The number of rotatable bonds is 2. The third-order valence-corrected chi connectivity index (χ3v) is 2.69. The van der Waals surface area contributed by atoms with E-state index in [1.54, 1.807) is 11.7 Å². The average molecular weight is 219 g/mol. The predicted molar refractivity (Wildman–Crippen MR) is 53.4 cm³/mol. The second-order valence-corrected chi connectivity index (χ2v) is 3.73. The minimum absolute atomic E-state index is 0.831. The summed E-state index contributed by atoms with van der Waals surface area (Å²) in [6.07, 6.45) is 5.48. The van der Waals surface area contributed by atoms with Crippen molar-refractivity contribution in [3.8, 4) is 16.5 Å². The maximum Gasteiger partial charge on any atom is 0.351 e. The highest BCUT2D eigenvalue weighted by Crippen LogP contribution is 2.11. The zero-order chi connectivity index (χ0) is 10.1. The molecule has 15 heavy (non-hydrogen) atoms. The van der Waals surface area contributed by atoms with Gasteiger partial charge >= 0.3 is 5.13 Å². The molecule has 0 aliphatic carbocycles. The average Bonchev–Trinajstić information content (AvgIpc) is 3.02. The summed E-state index contributed by atoms with van der Waals surface area (Å²) in [6.45, 7) is 0. The minimum Gasteiger partial charge on any atom is -0.275 e. The number of hydrogen-bond donors (Lipinski definition) is 2. The lowest BCUT2D eigenvalue weighted by atomic mass is 10.3. The van der Waals surface area contributed by atoms with Gasteiger partial charge in [-0.15, -0.1) is 0 Å². The second-order valence-electron chi connectivity index (χ2n) is 2.92. The molecule has 0 aliphatic rings. The Labute approximate surface area is 88.6 Å². The highest BCUT2D eigenvalue weighted by atomic mass is 32.1. The summed E-state index contributed by atoms with van der Waals surface area (Å²) in [6, 6.07) is 1.90. The van der Waals surface area contributed by atoms with E-state index < -0.39 is 0 Å². The van der Waals surface area contributed by atoms with Gasteiger partial charge in [-0.1, -0.05) is 5.10 Å². The van der Waals surface area contributed by atoms with Gasteiger partial charge in [0.2, 0.25) is 0 Å². The van der Waals surface area contributed by atoms with Crippen LogP contribution in [0.4, 0.5) is 0 Å². The van der Waals surface area contributed by atoms with Gasteiger partial charge in [-0.2, -0.15) is 9.67 Å². The smallest absolute Gasteiger partial charge is 0.275 e. The fourth-order valence-electron chi connectivity index (χ4n) is 1.30. The van der Waals surface area contributed by atoms with Crippen molar-refractivity contribution in [3.05, 3.63) is 30.3 Å². The molecule has 0 aromatic carbocycles. The first kappa shape index (κ1) is 8.30. The van der Waals surface area contributed by atoms with Gasteiger partial charge in [-0.25, -0.2) is 0 Å². The summed E-state index contributed by atoms with van der Waals surface area (Å²) in [4.78, 5) is 3.13. The molecule has 0 aliphatic heterocycles. The van der Waals surface area contributed by atoms with Crippen molar-refractivity contribution in [2.24, 2.45) is 0 Å². The summed E-state index contributed by atoms with van der Waals surface area (Å²) in [7, 11) is 0. The van der Waals surface area contributed by atoms with Crippen molar-refractivity contribution in [2.45, 2.75) is 0 Å². The number of imidazole rings is 1. The fourth-order valence-corrected chi connectivity index (χ4v) is 1.81. The Morgan fingerprint density at radius 1 is 1.33 bits per heavy atom. The van der Waals surface area contributed by atoms with Crippen molar-refractivity contribution >= 4 is 11.3 Å². The highest BCUT2D eigenvalue weighted by Gasteiger charge is 2.11. The molecule has 0 radical (unpaired) electrons. The van der Waals surface area contributed by atoms with Gasteiger partial charge in [0.1, 0.15) is 11.7 Å². The molecular formula is C8H7N6S+. The molecule has 0 spiro atoms. The van der Waals surface area contributed by atoms with E-state index in [0.29, 0.717) is 0 Å². The number of nitrogens with one attached hydrogen (secondary N) is 2. The molecule has 3 rings (SSSR count). The third kappa shape index (κ3) is 1.42. The maximum absolute atomic E-state index is 3.97. The molecule has 0 saturated heterocycles. The number of nitrogens with zero attached hydrogens (tertiary/aromatic N) is 4. The van der Waals surface area contributed by atoms with E-state index in [0.717, 1.165) is 16.5 Å². The van der Waals surface area contributed by atoms with Crippen LogP contribution in [0.1, 0.15) is 0 Å². The predicted octanol–water partition coefficient (Wildman–Crippen LogP) is 0.533. The van der Waals surface area contributed by atoms with Gasteiger partial charge in [0.25, 0.3) is 0 Å². The normalized spacial score (nSPS) is 10.7. The maximum atomic E-state index is 3.97. The van der Waals surface area contributed by atoms with Crippen LogP contribution in [-0.2, 0) is 0 Å². The van der Waals surface area contributed by atoms with Crippen molar-refractivity contribution in [3.63, 3.8) is 0 Å². The molecule has 3 aromatic heterocycles. The SMILES string of the molecule is c1cc(-c2c[n+](-c3nncs3)c[nH]2)[nH]n1. The Morgan fingerprint density at radius 2 is 2.33 bits per heavy atom. The number of H-pyrrole nitrogens is 2. The van der Waals surface area contributed by atoms with Gasteiger partial charge < -0.3 is 0 Å². The van der Waals surface area contributed by atoms with Gasteiger partial charge in [0.05, 0.1) is 5.69 Å². The van der Waals surface area contributed by atoms with Crippen LogP contribution in [0.3, 0.4) is 0 Å². The summed E-state index contributed by atoms with van der Waals surface area (Å²) >= 11 is 1.48. The molecule has 2 N–H and O–H groups in total. The van der Waals surface area contributed by atoms with E-state index in [1.807, 2.05) is 23.2 Å². The molecule has 0 fully saturated rings. The zero-order valence-corrected chi connectivity index (χ0v) is 8.40. The Hall–Kier alpha value is -2.02. The first-order valence-electron chi connectivity index (χ1n) is 4.29. The van der Waals surface area contributed by atoms with Crippen molar-refractivity contribution < 1.29 is 4.57 Å². The molecule has 0 amide bonds. The van der Waals surface area contributed by atoms with Crippen LogP contribution < -0.4 is 4.57 Å². The van der Waals surface area contributed by atoms with E-state index in [2.05, 4.69) is 25.4 Å². The molecule has 0 atom stereocenters. The Bertz CT molecular complexity index is 489. The molecule has 3 aromatic rings.